The number of nitrogens with zero attached hydrogens (tertiary/aromatic N) is 1. The van der Waals surface area contributed by atoms with Gasteiger partial charge in [0.2, 0.25) is 0 Å². The van der Waals surface area contributed by atoms with E-state index >= 15 is 0 Å². The number of hydrogen-bond donors (Lipinski definition) is 0. The standard InChI is InChI=1S/C25H21Cl2FNO6PS/c1-3-34-25(30)23-24(36(31,35-4-2)19-13-17(27)12-18(28)15-19)21-14-16(26)10-11-22(21)29(23)37(32,33)20-8-6-5-7-9-20/h5-15H,3-4H2,1-2H3. The van der Waals surface area contributed by atoms with Crippen LogP contribution in [0.5, 0.6) is 0 Å². The van der Waals surface area contributed by atoms with Crippen molar-refractivity contribution in [2.75, 3.05) is 13.2 Å². The molecule has 0 saturated carbocycles. The molecule has 1 aromatic heterocycles. The van der Waals surface area contributed by atoms with Crippen LogP contribution in [0.3, 0.4) is 0 Å². The highest BCUT2D eigenvalue weighted by molar-refractivity contribution is 7.90. The lowest BCUT2D eigenvalue weighted by Gasteiger charge is -2.20. The van der Waals surface area contributed by atoms with Crippen molar-refractivity contribution in [3.63, 3.8) is 0 Å². The summed E-state index contributed by atoms with van der Waals surface area (Å²) in [5, 5.41) is -0.273. The topological polar surface area (TPSA) is 91.7 Å². The first kappa shape index (κ1) is 27.4. The quantitative estimate of drug-likeness (QED) is 0.193. The van der Waals surface area contributed by atoms with Gasteiger partial charge in [-0.25, -0.2) is 21.6 Å². The molecule has 0 aliphatic rings. The van der Waals surface area contributed by atoms with Crippen molar-refractivity contribution in [3.05, 3.63) is 88.3 Å². The van der Waals surface area contributed by atoms with Crippen molar-refractivity contribution < 1.29 is 31.4 Å². The summed E-state index contributed by atoms with van der Waals surface area (Å²) < 4.78 is 68.7. The van der Waals surface area contributed by atoms with Crippen LogP contribution in [0.25, 0.3) is 10.9 Å². The van der Waals surface area contributed by atoms with E-state index in [0.29, 0.717) is 0 Å². The van der Waals surface area contributed by atoms with Crippen molar-refractivity contribution >= 4 is 68.1 Å². The van der Waals surface area contributed by atoms with Gasteiger partial charge in [0.1, 0.15) is 5.82 Å². The number of halogens is 3. The van der Waals surface area contributed by atoms with Crippen LogP contribution in [-0.4, -0.2) is 31.6 Å². The van der Waals surface area contributed by atoms with Gasteiger partial charge in [0.15, 0.2) is 5.69 Å². The van der Waals surface area contributed by atoms with E-state index in [9.17, 15) is 22.2 Å². The molecule has 37 heavy (non-hydrogen) atoms. The molecule has 3 aromatic carbocycles. The van der Waals surface area contributed by atoms with Gasteiger partial charge in [-0.15, -0.1) is 0 Å². The molecule has 1 heterocycles. The molecule has 0 amide bonds. The van der Waals surface area contributed by atoms with Gasteiger partial charge in [-0.2, -0.15) is 0 Å². The van der Waals surface area contributed by atoms with E-state index in [1.165, 1.54) is 48.5 Å². The lowest BCUT2D eigenvalue weighted by Crippen LogP contribution is -2.28. The third-order valence-electron chi connectivity index (χ3n) is 5.40. The van der Waals surface area contributed by atoms with Crippen molar-refractivity contribution in [2.24, 2.45) is 0 Å². The van der Waals surface area contributed by atoms with Gasteiger partial charge in [0.05, 0.1) is 28.9 Å². The number of carbonyl (C=O) groups excluding carboxylic acids is 1. The first-order valence-electron chi connectivity index (χ1n) is 11.1. The van der Waals surface area contributed by atoms with Crippen molar-refractivity contribution in [1.82, 2.24) is 3.97 Å². The highest BCUT2D eigenvalue weighted by Crippen LogP contribution is 2.49. The Balaban J connectivity index is 2.24. The number of rotatable bonds is 8. The Kier molecular flexibility index (Phi) is 7.83. The number of esters is 1. The summed E-state index contributed by atoms with van der Waals surface area (Å²) in [5.74, 6) is -1.86. The van der Waals surface area contributed by atoms with Crippen molar-refractivity contribution in [1.29, 1.82) is 0 Å². The number of aromatic nitrogens is 1. The fraction of sp³-hybridized carbons (Fsp3) is 0.160. The van der Waals surface area contributed by atoms with Crippen LogP contribution < -0.4 is 10.6 Å². The monoisotopic (exact) mass is 583 g/mol. The maximum Gasteiger partial charge on any atom is 0.356 e. The Hall–Kier alpha value is -2.68. The molecule has 7 nitrogen and oxygen atoms in total. The van der Waals surface area contributed by atoms with E-state index in [2.05, 4.69) is 0 Å². The van der Waals surface area contributed by atoms with Crippen LogP contribution in [0.1, 0.15) is 24.3 Å². The molecular formula is C25H21Cl2FNO6PS. The predicted octanol–water partition coefficient (Wildman–Crippen LogP) is 5.77. The minimum atomic E-state index is -4.43. The summed E-state index contributed by atoms with van der Waals surface area (Å²) in [4.78, 5) is 13.3. The zero-order valence-corrected chi connectivity index (χ0v) is 22.9. The van der Waals surface area contributed by atoms with Crippen LogP contribution in [0.4, 0.5) is 4.39 Å². The maximum atomic E-state index is 14.7. The first-order chi connectivity index (χ1) is 17.5. The van der Waals surface area contributed by atoms with E-state index in [1.54, 1.807) is 19.9 Å². The zero-order valence-electron chi connectivity index (χ0n) is 19.7. The summed E-state index contributed by atoms with van der Waals surface area (Å²) in [6.07, 6.45) is 0. The number of fused-ring (bicyclic) bond motifs is 1. The second-order valence-electron chi connectivity index (χ2n) is 7.76. The van der Waals surface area contributed by atoms with Crippen LogP contribution in [0, 0.1) is 5.82 Å². The SMILES string of the molecule is CCOC(=O)c1c(P(=O)(OCC)c2cc(F)cc(Cl)c2)c2cc(Cl)ccc2n1S(=O)(=O)c1ccccc1. The Morgan fingerprint density at radius 2 is 1.68 bits per heavy atom. The minimum Gasteiger partial charge on any atom is -0.461 e. The molecule has 0 spiro atoms. The smallest absolute Gasteiger partial charge is 0.356 e. The van der Waals surface area contributed by atoms with Crippen molar-refractivity contribution in [2.45, 2.75) is 18.7 Å². The largest absolute Gasteiger partial charge is 0.461 e. The first-order valence-corrected chi connectivity index (χ1v) is 14.9. The Morgan fingerprint density at radius 1 is 0.973 bits per heavy atom. The Bertz CT molecular complexity index is 1640. The van der Waals surface area contributed by atoms with Gasteiger partial charge in [-0.3, -0.25) is 4.57 Å². The van der Waals surface area contributed by atoms with Gasteiger partial charge in [0.25, 0.3) is 17.4 Å². The lowest BCUT2D eigenvalue weighted by atomic mass is 10.2. The van der Waals surface area contributed by atoms with E-state index < -0.39 is 34.9 Å². The molecule has 0 saturated heterocycles. The number of ether oxygens (including phenoxy) is 1. The normalized spacial score (nSPS) is 13.4. The Morgan fingerprint density at radius 3 is 2.30 bits per heavy atom. The van der Waals surface area contributed by atoms with Crippen LogP contribution in [-0.2, 0) is 23.8 Å². The molecule has 4 aromatic rings. The lowest BCUT2D eigenvalue weighted by molar-refractivity contribution is 0.0520. The summed E-state index contributed by atoms with van der Waals surface area (Å²) >= 11 is 12.3. The molecule has 1 unspecified atom stereocenters. The van der Waals surface area contributed by atoms with Crippen LogP contribution in [0.2, 0.25) is 10.0 Å². The fourth-order valence-corrected chi connectivity index (χ4v) is 8.55. The molecule has 12 heteroatoms. The third kappa shape index (κ3) is 4.94. The number of carbonyl (C=O) groups is 1. The third-order valence-corrected chi connectivity index (χ3v) is 10.2. The number of benzene rings is 3. The molecular weight excluding hydrogens is 563 g/mol. The summed E-state index contributed by atoms with van der Waals surface area (Å²) in [6, 6.07) is 14.9. The van der Waals surface area contributed by atoms with Crippen molar-refractivity contribution in [3.8, 4) is 0 Å². The Labute approximate surface area is 223 Å². The average molecular weight is 584 g/mol. The van der Waals surface area contributed by atoms with Gasteiger partial charge in [0, 0.05) is 20.7 Å². The van der Waals surface area contributed by atoms with E-state index in [4.69, 9.17) is 32.5 Å². The van der Waals surface area contributed by atoms with Gasteiger partial charge < -0.3 is 9.26 Å². The second-order valence-corrected chi connectivity index (χ2v) is 12.7. The summed E-state index contributed by atoms with van der Waals surface area (Å²) in [7, 11) is -8.80. The molecule has 0 bridgehead atoms. The fourth-order valence-electron chi connectivity index (χ4n) is 4.00. The molecule has 0 N–H and O–H groups in total. The predicted molar refractivity (Wildman–Crippen MR) is 142 cm³/mol. The minimum absolute atomic E-state index is 0.00809. The molecule has 4 rings (SSSR count). The van der Waals surface area contributed by atoms with E-state index in [1.807, 2.05) is 0 Å². The molecule has 1 atom stereocenters. The highest BCUT2D eigenvalue weighted by atomic mass is 35.5. The molecule has 194 valence electrons. The summed E-state index contributed by atoms with van der Waals surface area (Å²) in [5.41, 5.74) is -0.533. The zero-order chi connectivity index (χ0) is 27.0. The number of hydrogen-bond acceptors (Lipinski definition) is 6. The van der Waals surface area contributed by atoms with Crippen LogP contribution >= 0.6 is 30.6 Å². The molecule has 0 radical (unpaired) electrons. The van der Waals surface area contributed by atoms with E-state index in [-0.39, 0.29) is 49.7 Å². The van der Waals surface area contributed by atoms with Gasteiger partial charge in [-0.1, -0.05) is 41.4 Å². The van der Waals surface area contributed by atoms with Gasteiger partial charge in [-0.05, 0) is 62.4 Å². The average Bonchev–Trinajstić information content (AvgIpc) is 3.20. The summed E-state index contributed by atoms with van der Waals surface area (Å²) in [6.45, 7) is 2.88. The van der Waals surface area contributed by atoms with Crippen LogP contribution in [0.15, 0.2) is 71.6 Å². The molecule has 0 aliphatic heterocycles. The molecule has 0 fully saturated rings. The highest BCUT2D eigenvalue weighted by Gasteiger charge is 2.42. The van der Waals surface area contributed by atoms with Gasteiger partial charge >= 0.3 is 5.97 Å². The van der Waals surface area contributed by atoms with E-state index in [0.717, 1.165) is 16.1 Å². The maximum absolute atomic E-state index is 14.7. The second kappa shape index (κ2) is 10.6. The molecule has 0 aliphatic carbocycles.